The fraction of sp³-hybridized carbons (Fsp3) is 0.333. The molecule has 1 atom stereocenters. The third-order valence-electron chi connectivity index (χ3n) is 2.83. The van der Waals surface area contributed by atoms with Gasteiger partial charge in [-0.2, -0.15) is 0 Å². The van der Waals surface area contributed by atoms with Crippen LogP contribution in [0.15, 0.2) is 34.8 Å². The standard InChI is InChI=1S/C15H16Br2OS/c1-3-11-6-8-14(19-11)15(17)12-9-10(16)5-7-13(12)18-4-2/h5-9,15H,3-4H2,1-2H3. The van der Waals surface area contributed by atoms with Crippen molar-refractivity contribution in [3.63, 3.8) is 0 Å². The third-order valence-corrected chi connectivity index (χ3v) is 5.90. The Kier molecular flexibility index (Phi) is 5.48. The smallest absolute Gasteiger partial charge is 0.124 e. The van der Waals surface area contributed by atoms with Crippen LogP contribution in [-0.4, -0.2) is 6.61 Å². The van der Waals surface area contributed by atoms with Crippen LogP contribution in [0.5, 0.6) is 5.75 Å². The SMILES string of the molecule is CCOc1ccc(Br)cc1C(Br)c1ccc(CC)s1. The van der Waals surface area contributed by atoms with Gasteiger partial charge in [-0.3, -0.25) is 0 Å². The van der Waals surface area contributed by atoms with Gasteiger partial charge in [0.05, 0.1) is 11.4 Å². The molecule has 2 rings (SSSR count). The first-order chi connectivity index (χ1) is 9.15. The normalized spacial score (nSPS) is 12.4. The van der Waals surface area contributed by atoms with Crippen molar-refractivity contribution in [1.82, 2.24) is 0 Å². The Hall–Kier alpha value is -0.320. The maximum absolute atomic E-state index is 5.72. The summed E-state index contributed by atoms with van der Waals surface area (Å²) in [5.41, 5.74) is 1.17. The lowest BCUT2D eigenvalue weighted by atomic mass is 10.1. The van der Waals surface area contributed by atoms with Gasteiger partial charge in [-0.05, 0) is 43.7 Å². The molecule has 1 nitrogen and oxygen atoms in total. The van der Waals surface area contributed by atoms with E-state index in [9.17, 15) is 0 Å². The van der Waals surface area contributed by atoms with Crippen LogP contribution in [0.4, 0.5) is 0 Å². The predicted molar refractivity (Wildman–Crippen MR) is 89.8 cm³/mol. The van der Waals surface area contributed by atoms with E-state index >= 15 is 0 Å². The lowest BCUT2D eigenvalue weighted by molar-refractivity contribution is 0.337. The van der Waals surface area contributed by atoms with Gasteiger partial charge in [-0.1, -0.05) is 38.8 Å². The largest absolute Gasteiger partial charge is 0.494 e. The van der Waals surface area contributed by atoms with Gasteiger partial charge in [-0.15, -0.1) is 11.3 Å². The van der Waals surface area contributed by atoms with E-state index in [1.807, 2.05) is 30.4 Å². The molecule has 0 bridgehead atoms. The molecule has 4 heteroatoms. The Balaban J connectivity index is 2.36. The molecule has 1 heterocycles. The first-order valence-corrected chi connectivity index (χ1v) is 8.83. The second-order valence-electron chi connectivity index (χ2n) is 4.14. The molecular weight excluding hydrogens is 388 g/mol. The van der Waals surface area contributed by atoms with Crippen LogP contribution in [0.1, 0.15) is 34.0 Å². The Morgan fingerprint density at radius 2 is 2.00 bits per heavy atom. The molecule has 0 aliphatic heterocycles. The van der Waals surface area contributed by atoms with Gasteiger partial charge in [-0.25, -0.2) is 0 Å². The highest BCUT2D eigenvalue weighted by Crippen LogP contribution is 2.40. The van der Waals surface area contributed by atoms with E-state index in [-0.39, 0.29) is 4.83 Å². The van der Waals surface area contributed by atoms with E-state index in [1.165, 1.54) is 15.3 Å². The summed E-state index contributed by atoms with van der Waals surface area (Å²) in [5.74, 6) is 0.944. The summed E-state index contributed by atoms with van der Waals surface area (Å²) in [6.07, 6.45) is 1.08. The Bertz CT molecular complexity index is 551. The van der Waals surface area contributed by atoms with Crippen LogP contribution in [-0.2, 0) is 6.42 Å². The maximum Gasteiger partial charge on any atom is 0.124 e. The third kappa shape index (κ3) is 3.61. The quantitative estimate of drug-likeness (QED) is 0.560. The number of rotatable bonds is 5. The van der Waals surface area contributed by atoms with E-state index in [1.54, 1.807) is 0 Å². The molecule has 0 aliphatic carbocycles. The van der Waals surface area contributed by atoms with Crippen molar-refractivity contribution >= 4 is 43.2 Å². The fourth-order valence-corrected chi connectivity index (χ4v) is 4.00. The van der Waals surface area contributed by atoms with Crippen molar-refractivity contribution in [2.45, 2.75) is 25.1 Å². The van der Waals surface area contributed by atoms with Gasteiger partial charge in [0.15, 0.2) is 0 Å². The Morgan fingerprint density at radius 3 is 2.63 bits per heavy atom. The summed E-state index contributed by atoms with van der Waals surface area (Å²) >= 11 is 9.19. The monoisotopic (exact) mass is 402 g/mol. The molecule has 1 aromatic heterocycles. The maximum atomic E-state index is 5.72. The molecule has 1 aromatic carbocycles. The molecule has 2 aromatic rings. The van der Waals surface area contributed by atoms with Crippen LogP contribution in [0, 0.1) is 0 Å². The van der Waals surface area contributed by atoms with Crippen molar-refractivity contribution < 1.29 is 4.74 Å². The number of aryl methyl sites for hydroxylation is 1. The first-order valence-electron chi connectivity index (χ1n) is 6.30. The van der Waals surface area contributed by atoms with E-state index in [0.29, 0.717) is 6.61 Å². The zero-order valence-electron chi connectivity index (χ0n) is 11.0. The Labute approximate surface area is 135 Å². The van der Waals surface area contributed by atoms with Crippen molar-refractivity contribution in [3.05, 3.63) is 50.1 Å². The molecule has 0 amide bonds. The molecule has 1 unspecified atom stereocenters. The minimum Gasteiger partial charge on any atom is -0.494 e. The topological polar surface area (TPSA) is 9.23 Å². The fourth-order valence-electron chi connectivity index (χ4n) is 1.88. The molecule has 0 spiro atoms. The minimum atomic E-state index is 0.178. The van der Waals surface area contributed by atoms with E-state index in [0.717, 1.165) is 16.6 Å². The van der Waals surface area contributed by atoms with Crippen LogP contribution in [0.2, 0.25) is 0 Å². The lowest BCUT2D eigenvalue weighted by Gasteiger charge is -2.14. The highest BCUT2D eigenvalue weighted by molar-refractivity contribution is 9.10. The summed E-state index contributed by atoms with van der Waals surface area (Å²) in [7, 11) is 0. The second kappa shape index (κ2) is 6.91. The average molecular weight is 404 g/mol. The molecule has 0 N–H and O–H groups in total. The number of hydrogen-bond acceptors (Lipinski definition) is 2. The molecule has 0 saturated carbocycles. The van der Waals surface area contributed by atoms with Crippen LogP contribution < -0.4 is 4.74 Å². The Morgan fingerprint density at radius 1 is 1.21 bits per heavy atom. The van der Waals surface area contributed by atoms with Crippen molar-refractivity contribution in [1.29, 1.82) is 0 Å². The molecule has 0 saturated heterocycles. The van der Waals surface area contributed by atoms with Gasteiger partial charge in [0.25, 0.3) is 0 Å². The summed E-state index contributed by atoms with van der Waals surface area (Å²) in [4.78, 5) is 2.90. The van der Waals surface area contributed by atoms with Gasteiger partial charge < -0.3 is 4.74 Å². The molecule has 0 fully saturated rings. The number of thiophene rings is 1. The van der Waals surface area contributed by atoms with Crippen LogP contribution in [0.3, 0.4) is 0 Å². The van der Waals surface area contributed by atoms with Gasteiger partial charge in [0.2, 0.25) is 0 Å². The molecule has 102 valence electrons. The minimum absolute atomic E-state index is 0.178. The molecule has 0 aliphatic rings. The average Bonchev–Trinajstić information content (AvgIpc) is 2.89. The molecule has 0 radical (unpaired) electrons. The summed E-state index contributed by atoms with van der Waals surface area (Å²) in [6.45, 7) is 4.87. The highest BCUT2D eigenvalue weighted by atomic mass is 79.9. The first kappa shape index (κ1) is 15.1. The van der Waals surface area contributed by atoms with E-state index < -0.39 is 0 Å². The second-order valence-corrected chi connectivity index (χ2v) is 7.17. The van der Waals surface area contributed by atoms with Gasteiger partial charge in [0.1, 0.15) is 5.75 Å². The number of hydrogen-bond donors (Lipinski definition) is 0. The molecular formula is C15H16Br2OS. The zero-order chi connectivity index (χ0) is 13.8. The van der Waals surface area contributed by atoms with Gasteiger partial charge >= 0.3 is 0 Å². The summed E-state index contributed by atoms with van der Waals surface area (Å²) < 4.78 is 6.79. The zero-order valence-corrected chi connectivity index (χ0v) is 14.9. The lowest BCUT2D eigenvalue weighted by Crippen LogP contribution is -1.99. The van der Waals surface area contributed by atoms with Crippen molar-refractivity contribution in [2.75, 3.05) is 6.61 Å². The number of ether oxygens (including phenoxy) is 1. The number of benzene rings is 1. The number of alkyl halides is 1. The van der Waals surface area contributed by atoms with Crippen LogP contribution >= 0.6 is 43.2 Å². The van der Waals surface area contributed by atoms with E-state index in [4.69, 9.17) is 4.74 Å². The highest BCUT2D eigenvalue weighted by Gasteiger charge is 2.17. The number of halogens is 2. The summed E-state index contributed by atoms with van der Waals surface area (Å²) in [6, 6.07) is 10.5. The predicted octanol–water partition coefficient (Wildman–Crippen LogP) is 5.96. The van der Waals surface area contributed by atoms with Crippen LogP contribution in [0.25, 0.3) is 0 Å². The van der Waals surface area contributed by atoms with Crippen molar-refractivity contribution in [2.24, 2.45) is 0 Å². The molecule has 19 heavy (non-hydrogen) atoms. The summed E-state index contributed by atoms with van der Waals surface area (Å²) in [5, 5.41) is 0. The van der Waals surface area contributed by atoms with E-state index in [2.05, 4.69) is 57.0 Å². The van der Waals surface area contributed by atoms with Gasteiger partial charge in [0, 0.05) is 19.8 Å². The van der Waals surface area contributed by atoms with Crippen molar-refractivity contribution in [3.8, 4) is 5.75 Å².